The molecule has 2 atom stereocenters. The van der Waals surface area contributed by atoms with Gasteiger partial charge in [-0.15, -0.1) is 0 Å². The quantitative estimate of drug-likeness (QED) is 0.422. The van der Waals surface area contributed by atoms with Crippen LogP contribution in [0.3, 0.4) is 0 Å². The molecule has 10 heteroatoms. The van der Waals surface area contributed by atoms with Gasteiger partial charge in [0.15, 0.2) is 0 Å². The zero-order chi connectivity index (χ0) is 21.9. The van der Waals surface area contributed by atoms with Crippen molar-refractivity contribution in [3.8, 4) is 0 Å². The van der Waals surface area contributed by atoms with E-state index in [1.54, 1.807) is 12.1 Å². The lowest BCUT2D eigenvalue weighted by Crippen LogP contribution is -2.41. The van der Waals surface area contributed by atoms with Gasteiger partial charge in [0.2, 0.25) is 0 Å². The van der Waals surface area contributed by atoms with Gasteiger partial charge in [0.1, 0.15) is 5.69 Å². The number of nitro benzene ring substituents is 1. The average molecular weight is 454 g/mol. The number of sulfonamides is 1. The maximum atomic E-state index is 12.7. The number of nitrogens with one attached hydrogen (secondary N) is 2. The number of halogens is 1. The number of nitrogens with zero attached hydrogens (tertiary/aromatic N) is 1. The molecule has 1 aliphatic carbocycles. The van der Waals surface area contributed by atoms with Crippen LogP contribution in [0.2, 0.25) is 5.02 Å². The Kier molecular flexibility index (Phi) is 6.54. The topological polar surface area (TPSA) is 122 Å². The molecular weight excluding hydrogens is 430 g/mol. The fourth-order valence-electron chi connectivity index (χ4n) is 3.78. The van der Waals surface area contributed by atoms with Crippen molar-refractivity contribution in [2.45, 2.75) is 43.1 Å². The molecule has 1 fully saturated rings. The van der Waals surface area contributed by atoms with E-state index in [0.29, 0.717) is 18.8 Å². The molecule has 2 aromatic carbocycles. The Hall–Kier alpha value is -2.36. The van der Waals surface area contributed by atoms with Crippen molar-refractivity contribution < 1.29 is 18.4 Å². The Morgan fingerprint density at radius 3 is 2.67 bits per heavy atom. The first-order chi connectivity index (χ1) is 14.1. The highest BCUT2D eigenvalue weighted by Crippen LogP contribution is 2.34. The molecule has 8 nitrogen and oxygen atoms in total. The third-order valence-corrected chi connectivity index (χ3v) is 6.96. The van der Waals surface area contributed by atoms with Crippen LogP contribution in [0.15, 0.2) is 47.4 Å². The molecule has 3 rings (SSSR count). The molecule has 1 saturated carbocycles. The summed E-state index contributed by atoms with van der Waals surface area (Å²) in [4.78, 5) is 10.7. The van der Waals surface area contributed by atoms with Crippen molar-refractivity contribution >= 4 is 38.7 Å². The number of anilines is 2. The molecule has 162 valence electrons. The molecule has 0 heterocycles. The molecule has 3 N–H and O–H groups in total. The standard InChI is InChI=1S/C20H24ClN3O5S/c1-14-5-4-10-20(25,12-14)13-22-18-9-8-15(11-19(18)24(26)27)30(28,29)23-17-7-3-2-6-16(17)21/h2-3,6-9,11,14,22-23,25H,4-5,10,12-13H2,1H3. The van der Waals surface area contributed by atoms with Gasteiger partial charge in [0.25, 0.3) is 15.7 Å². The molecule has 0 saturated heterocycles. The van der Waals surface area contributed by atoms with Gasteiger partial charge in [-0.2, -0.15) is 0 Å². The predicted octanol–water partition coefficient (Wildman–Crippen LogP) is 4.40. The number of hydrogen-bond donors (Lipinski definition) is 3. The minimum absolute atomic E-state index is 0.155. The Morgan fingerprint density at radius 2 is 2.00 bits per heavy atom. The van der Waals surface area contributed by atoms with Crippen LogP contribution in [0.4, 0.5) is 17.1 Å². The molecule has 0 aromatic heterocycles. The van der Waals surface area contributed by atoms with Crippen LogP contribution in [-0.4, -0.2) is 30.6 Å². The summed E-state index contributed by atoms with van der Waals surface area (Å²) in [5.41, 5.74) is -0.993. The van der Waals surface area contributed by atoms with Crippen LogP contribution < -0.4 is 10.0 Å². The van der Waals surface area contributed by atoms with E-state index < -0.39 is 20.5 Å². The number of nitro groups is 1. The lowest BCUT2D eigenvalue weighted by Gasteiger charge is -2.35. The van der Waals surface area contributed by atoms with E-state index in [-0.39, 0.29) is 33.5 Å². The third kappa shape index (κ3) is 5.21. The number of para-hydroxylation sites is 1. The van der Waals surface area contributed by atoms with E-state index in [9.17, 15) is 23.6 Å². The molecule has 0 radical (unpaired) electrons. The molecule has 1 aliphatic rings. The SMILES string of the molecule is CC1CCCC(O)(CNc2ccc(S(=O)(=O)Nc3ccccc3Cl)cc2[N+](=O)[O-])C1. The zero-order valence-electron chi connectivity index (χ0n) is 16.5. The first-order valence-corrected chi connectivity index (χ1v) is 11.5. The number of rotatable bonds is 7. The summed E-state index contributed by atoms with van der Waals surface area (Å²) in [6.07, 6.45) is 3.17. The highest BCUT2D eigenvalue weighted by atomic mass is 35.5. The number of benzene rings is 2. The molecule has 30 heavy (non-hydrogen) atoms. The van der Waals surface area contributed by atoms with Crippen LogP contribution in [0.25, 0.3) is 0 Å². The van der Waals surface area contributed by atoms with Crippen LogP contribution in [0, 0.1) is 16.0 Å². The molecule has 0 spiro atoms. The second-order valence-corrected chi connectivity index (χ2v) is 9.89. The maximum Gasteiger partial charge on any atom is 0.293 e. The van der Waals surface area contributed by atoms with E-state index in [1.807, 2.05) is 0 Å². The summed E-state index contributed by atoms with van der Waals surface area (Å²) >= 11 is 5.99. The van der Waals surface area contributed by atoms with Crippen molar-refractivity contribution in [2.24, 2.45) is 5.92 Å². The minimum Gasteiger partial charge on any atom is -0.388 e. The van der Waals surface area contributed by atoms with Crippen molar-refractivity contribution in [3.05, 3.63) is 57.6 Å². The van der Waals surface area contributed by atoms with Crippen LogP contribution in [0.5, 0.6) is 0 Å². The van der Waals surface area contributed by atoms with E-state index >= 15 is 0 Å². The highest BCUT2D eigenvalue weighted by Gasteiger charge is 2.33. The van der Waals surface area contributed by atoms with Crippen molar-refractivity contribution in [2.75, 3.05) is 16.6 Å². The van der Waals surface area contributed by atoms with E-state index in [1.165, 1.54) is 24.3 Å². The highest BCUT2D eigenvalue weighted by molar-refractivity contribution is 7.92. The fourth-order valence-corrected chi connectivity index (χ4v) is 5.12. The van der Waals surface area contributed by atoms with Gasteiger partial charge in [0.05, 0.1) is 26.1 Å². The second-order valence-electron chi connectivity index (χ2n) is 7.80. The van der Waals surface area contributed by atoms with Crippen molar-refractivity contribution in [1.29, 1.82) is 0 Å². The summed E-state index contributed by atoms with van der Waals surface area (Å²) in [7, 11) is -4.08. The number of aliphatic hydroxyl groups is 1. The van der Waals surface area contributed by atoms with E-state index in [2.05, 4.69) is 17.0 Å². The first-order valence-electron chi connectivity index (χ1n) is 9.62. The van der Waals surface area contributed by atoms with Gasteiger partial charge in [0, 0.05) is 12.6 Å². The molecular formula is C20H24ClN3O5S. The normalized spacial score (nSPS) is 21.8. The van der Waals surface area contributed by atoms with Crippen LogP contribution in [0.1, 0.15) is 32.6 Å². The minimum atomic E-state index is -4.08. The maximum absolute atomic E-state index is 12.7. The van der Waals surface area contributed by atoms with Gasteiger partial charge in [-0.1, -0.05) is 43.5 Å². The summed E-state index contributed by atoms with van der Waals surface area (Å²) in [6.45, 7) is 2.22. The third-order valence-electron chi connectivity index (χ3n) is 5.27. The molecule has 0 amide bonds. The predicted molar refractivity (Wildman–Crippen MR) is 116 cm³/mol. The Balaban J connectivity index is 1.83. The first kappa shape index (κ1) is 22.3. The van der Waals surface area contributed by atoms with Gasteiger partial charge >= 0.3 is 0 Å². The van der Waals surface area contributed by atoms with Gasteiger partial charge < -0.3 is 10.4 Å². The summed E-state index contributed by atoms with van der Waals surface area (Å²) in [5.74, 6) is 0.379. The van der Waals surface area contributed by atoms with Crippen molar-refractivity contribution in [3.63, 3.8) is 0 Å². The monoisotopic (exact) mass is 453 g/mol. The largest absolute Gasteiger partial charge is 0.388 e. The Bertz CT molecular complexity index is 1050. The van der Waals surface area contributed by atoms with Crippen LogP contribution >= 0.6 is 11.6 Å². The average Bonchev–Trinajstić information content (AvgIpc) is 2.67. The smallest absolute Gasteiger partial charge is 0.293 e. The summed E-state index contributed by atoms with van der Waals surface area (Å²) in [6, 6.07) is 9.93. The fraction of sp³-hybridized carbons (Fsp3) is 0.400. The Labute approximate surface area is 180 Å². The molecule has 0 bridgehead atoms. The lowest BCUT2D eigenvalue weighted by molar-refractivity contribution is -0.384. The van der Waals surface area contributed by atoms with E-state index in [0.717, 1.165) is 18.9 Å². The number of hydrogen-bond acceptors (Lipinski definition) is 6. The summed E-state index contributed by atoms with van der Waals surface area (Å²) in [5, 5.41) is 25.5. The van der Waals surface area contributed by atoms with E-state index in [4.69, 9.17) is 11.6 Å². The van der Waals surface area contributed by atoms with Gasteiger partial charge in [-0.3, -0.25) is 14.8 Å². The lowest BCUT2D eigenvalue weighted by atomic mass is 9.79. The van der Waals surface area contributed by atoms with Gasteiger partial charge in [-0.25, -0.2) is 8.42 Å². The summed E-state index contributed by atoms with van der Waals surface area (Å²) < 4.78 is 27.7. The molecule has 0 aliphatic heterocycles. The molecule has 2 aromatic rings. The Morgan fingerprint density at radius 1 is 1.27 bits per heavy atom. The molecule has 2 unspecified atom stereocenters. The zero-order valence-corrected chi connectivity index (χ0v) is 18.0. The van der Waals surface area contributed by atoms with Crippen molar-refractivity contribution in [1.82, 2.24) is 0 Å². The second kappa shape index (κ2) is 8.79. The van der Waals surface area contributed by atoms with Gasteiger partial charge in [-0.05, 0) is 43.0 Å². The van der Waals surface area contributed by atoms with Crippen LogP contribution in [-0.2, 0) is 10.0 Å².